The van der Waals surface area contributed by atoms with Crippen LogP contribution in [-0.4, -0.2) is 48.4 Å². The highest BCUT2D eigenvalue weighted by Crippen LogP contribution is 2.36. The van der Waals surface area contributed by atoms with Crippen molar-refractivity contribution in [3.05, 3.63) is 0 Å². The first-order valence-corrected chi connectivity index (χ1v) is 7.56. The van der Waals surface area contributed by atoms with Crippen LogP contribution in [-0.2, 0) is 4.74 Å². The molecule has 0 spiro atoms. The van der Waals surface area contributed by atoms with Crippen molar-refractivity contribution >= 4 is 0 Å². The number of piperidine rings is 1. The SMILES string of the molecule is C1CCN(C2(N3CCCC3)CCCCO2)CC1. The van der Waals surface area contributed by atoms with Crippen LogP contribution < -0.4 is 0 Å². The van der Waals surface area contributed by atoms with E-state index in [2.05, 4.69) is 9.80 Å². The number of rotatable bonds is 2. The molecule has 0 saturated carbocycles. The van der Waals surface area contributed by atoms with E-state index in [-0.39, 0.29) is 5.85 Å². The lowest BCUT2D eigenvalue weighted by Gasteiger charge is -2.52. The van der Waals surface area contributed by atoms with E-state index < -0.39 is 0 Å². The summed E-state index contributed by atoms with van der Waals surface area (Å²) in [6.45, 7) is 5.95. The molecule has 0 bridgehead atoms. The molecular formula is C14H26N2O. The van der Waals surface area contributed by atoms with Crippen molar-refractivity contribution in [2.24, 2.45) is 0 Å². The lowest BCUT2D eigenvalue weighted by Crippen LogP contribution is -2.63. The fourth-order valence-electron chi connectivity index (χ4n) is 3.77. The highest BCUT2D eigenvalue weighted by molar-refractivity contribution is 4.88. The molecule has 0 aromatic rings. The van der Waals surface area contributed by atoms with Crippen molar-refractivity contribution in [3.63, 3.8) is 0 Å². The van der Waals surface area contributed by atoms with Gasteiger partial charge in [0, 0.05) is 32.6 Å². The summed E-state index contributed by atoms with van der Waals surface area (Å²) >= 11 is 0. The van der Waals surface area contributed by atoms with Crippen molar-refractivity contribution in [2.75, 3.05) is 32.8 Å². The average Bonchev–Trinajstić information content (AvgIpc) is 2.95. The van der Waals surface area contributed by atoms with Crippen molar-refractivity contribution in [3.8, 4) is 0 Å². The van der Waals surface area contributed by atoms with Crippen LogP contribution in [0, 0.1) is 0 Å². The lowest BCUT2D eigenvalue weighted by molar-refractivity contribution is -0.265. The van der Waals surface area contributed by atoms with Gasteiger partial charge in [-0.15, -0.1) is 0 Å². The van der Waals surface area contributed by atoms with E-state index in [9.17, 15) is 0 Å². The fraction of sp³-hybridized carbons (Fsp3) is 1.00. The Balaban J connectivity index is 1.78. The predicted octanol–water partition coefficient (Wildman–Crippen LogP) is 2.42. The zero-order valence-electron chi connectivity index (χ0n) is 11.0. The second-order valence-corrected chi connectivity index (χ2v) is 5.79. The van der Waals surface area contributed by atoms with Gasteiger partial charge in [0.05, 0.1) is 6.61 Å². The normalized spacial score (nSPS) is 37.4. The number of nitrogens with zero attached hydrogens (tertiary/aromatic N) is 2. The van der Waals surface area contributed by atoms with Crippen LogP contribution in [0.2, 0.25) is 0 Å². The zero-order chi connectivity index (χ0) is 11.6. The van der Waals surface area contributed by atoms with Gasteiger partial charge in [-0.2, -0.15) is 0 Å². The zero-order valence-corrected chi connectivity index (χ0v) is 11.0. The summed E-state index contributed by atoms with van der Waals surface area (Å²) in [5.41, 5.74) is 0. The Morgan fingerprint density at radius 2 is 1.24 bits per heavy atom. The molecule has 0 radical (unpaired) electrons. The van der Waals surface area contributed by atoms with Crippen molar-refractivity contribution in [1.82, 2.24) is 9.80 Å². The van der Waals surface area contributed by atoms with Crippen molar-refractivity contribution in [2.45, 2.75) is 57.2 Å². The van der Waals surface area contributed by atoms with E-state index >= 15 is 0 Å². The van der Waals surface area contributed by atoms with Crippen LogP contribution in [0.1, 0.15) is 51.4 Å². The van der Waals surface area contributed by atoms with Crippen LogP contribution in [0.5, 0.6) is 0 Å². The van der Waals surface area contributed by atoms with Crippen LogP contribution in [0.15, 0.2) is 0 Å². The highest BCUT2D eigenvalue weighted by Gasteiger charge is 2.45. The second-order valence-electron chi connectivity index (χ2n) is 5.79. The van der Waals surface area contributed by atoms with E-state index in [1.807, 2.05) is 0 Å². The van der Waals surface area contributed by atoms with Gasteiger partial charge < -0.3 is 4.74 Å². The summed E-state index contributed by atoms with van der Waals surface area (Å²) in [7, 11) is 0. The number of ether oxygens (including phenoxy) is 1. The molecule has 1 atom stereocenters. The monoisotopic (exact) mass is 238 g/mol. The van der Waals surface area contributed by atoms with Gasteiger partial charge in [0.15, 0.2) is 5.85 Å². The van der Waals surface area contributed by atoms with E-state index in [4.69, 9.17) is 4.74 Å². The summed E-state index contributed by atoms with van der Waals surface area (Å²) in [5.74, 6) is -0.00479. The summed E-state index contributed by atoms with van der Waals surface area (Å²) in [6, 6.07) is 0. The topological polar surface area (TPSA) is 15.7 Å². The van der Waals surface area contributed by atoms with Crippen LogP contribution in [0.3, 0.4) is 0 Å². The standard InChI is InChI=1S/C14H26N2O/c1-3-9-15(10-4-1)14(8-2-7-13-17-14)16-11-5-6-12-16/h1-13H2. The van der Waals surface area contributed by atoms with Gasteiger partial charge in [-0.05, 0) is 38.5 Å². The number of hydrogen-bond donors (Lipinski definition) is 0. The highest BCUT2D eigenvalue weighted by atomic mass is 16.5. The molecule has 17 heavy (non-hydrogen) atoms. The quantitative estimate of drug-likeness (QED) is 0.735. The third-order valence-corrected chi connectivity index (χ3v) is 4.68. The van der Waals surface area contributed by atoms with E-state index in [1.165, 1.54) is 77.5 Å². The predicted molar refractivity (Wildman–Crippen MR) is 68.8 cm³/mol. The summed E-state index contributed by atoms with van der Waals surface area (Å²) in [6.07, 6.45) is 10.7. The third-order valence-electron chi connectivity index (χ3n) is 4.68. The lowest BCUT2D eigenvalue weighted by atomic mass is 10.0. The molecule has 3 nitrogen and oxygen atoms in total. The molecule has 0 amide bonds. The minimum atomic E-state index is -0.00479. The maximum Gasteiger partial charge on any atom is 0.179 e. The Morgan fingerprint density at radius 3 is 1.76 bits per heavy atom. The summed E-state index contributed by atoms with van der Waals surface area (Å²) < 4.78 is 6.34. The smallest absolute Gasteiger partial charge is 0.179 e. The molecule has 98 valence electrons. The van der Waals surface area contributed by atoms with Gasteiger partial charge in [0.25, 0.3) is 0 Å². The van der Waals surface area contributed by atoms with Gasteiger partial charge in [-0.3, -0.25) is 9.80 Å². The molecule has 0 aromatic heterocycles. The molecule has 0 aromatic carbocycles. The largest absolute Gasteiger partial charge is 0.347 e. The number of likely N-dealkylation sites (tertiary alicyclic amines) is 2. The fourth-order valence-corrected chi connectivity index (χ4v) is 3.77. The Labute approximate surface area is 105 Å². The number of hydrogen-bond acceptors (Lipinski definition) is 3. The molecule has 3 aliphatic heterocycles. The maximum atomic E-state index is 6.34. The van der Waals surface area contributed by atoms with E-state index in [0.717, 1.165) is 6.61 Å². The van der Waals surface area contributed by atoms with Crippen molar-refractivity contribution < 1.29 is 4.74 Å². The minimum absolute atomic E-state index is 0.00479. The Bertz CT molecular complexity index is 239. The summed E-state index contributed by atoms with van der Waals surface area (Å²) in [5, 5.41) is 0. The second kappa shape index (κ2) is 5.25. The molecule has 3 rings (SSSR count). The molecular weight excluding hydrogens is 212 g/mol. The average molecular weight is 238 g/mol. The Morgan fingerprint density at radius 1 is 0.647 bits per heavy atom. The Hall–Kier alpha value is -0.120. The molecule has 3 fully saturated rings. The van der Waals surface area contributed by atoms with Gasteiger partial charge in [-0.1, -0.05) is 6.42 Å². The Kier molecular flexibility index (Phi) is 3.69. The first-order chi connectivity index (χ1) is 8.42. The van der Waals surface area contributed by atoms with Crippen LogP contribution in [0.4, 0.5) is 0 Å². The molecule has 3 heterocycles. The third kappa shape index (κ3) is 2.25. The van der Waals surface area contributed by atoms with Crippen LogP contribution >= 0.6 is 0 Å². The van der Waals surface area contributed by atoms with Crippen LogP contribution in [0.25, 0.3) is 0 Å². The van der Waals surface area contributed by atoms with E-state index in [0.29, 0.717) is 0 Å². The summed E-state index contributed by atoms with van der Waals surface area (Å²) in [4.78, 5) is 5.29. The molecule has 0 N–H and O–H groups in total. The van der Waals surface area contributed by atoms with Gasteiger partial charge in [-0.25, -0.2) is 0 Å². The molecule has 0 aliphatic carbocycles. The van der Waals surface area contributed by atoms with Crippen molar-refractivity contribution in [1.29, 1.82) is 0 Å². The van der Waals surface area contributed by atoms with Gasteiger partial charge in [0.2, 0.25) is 0 Å². The first kappa shape index (κ1) is 11.9. The molecule has 1 unspecified atom stereocenters. The van der Waals surface area contributed by atoms with Gasteiger partial charge >= 0.3 is 0 Å². The molecule has 3 saturated heterocycles. The molecule has 3 heteroatoms. The molecule has 3 aliphatic rings. The maximum absolute atomic E-state index is 6.34. The first-order valence-electron chi connectivity index (χ1n) is 7.56. The van der Waals surface area contributed by atoms with Gasteiger partial charge in [0.1, 0.15) is 0 Å². The minimum Gasteiger partial charge on any atom is -0.347 e. The van der Waals surface area contributed by atoms with E-state index in [1.54, 1.807) is 0 Å².